The molecule has 6 heteroatoms. The first-order valence-electron chi connectivity index (χ1n) is 9.18. The average molecular weight is 332 g/mol. The van der Waals surface area contributed by atoms with E-state index in [-0.39, 0.29) is 23.9 Å². The summed E-state index contributed by atoms with van der Waals surface area (Å²) in [6.45, 7) is 5.53. The number of carbonyl (C=O) groups is 2. The third kappa shape index (κ3) is 3.41. The van der Waals surface area contributed by atoms with E-state index in [0.29, 0.717) is 12.5 Å². The highest BCUT2D eigenvalue weighted by Crippen LogP contribution is 2.39. The van der Waals surface area contributed by atoms with Gasteiger partial charge in [0.15, 0.2) is 0 Å². The first-order valence-corrected chi connectivity index (χ1v) is 9.18. The van der Waals surface area contributed by atoms with Crippen LogP contribution in [-0.4, -0.2) is 58.9 Å². The summed E-state index contributed by atoms with van der Waals surface area (Å²) in [5, 5.41) is 12.4. The van der Waals surface area contributed by atoms with Crippen LogP contribution in [0.1, 0.15) is 52.4 Å². The lowest BCUT2D eigenvalue weighted by atomic mass is 9.98. The van der Waals surface area contributed by atoms with E-state index in [1.165, 1.54) is 0 Å². The van der Waals surface area contributed by atoms with Crippen LogP contribution in [0.3, 0.4) is 0 Å². The lowest BCUT2D eigenvalue weighted by Crippen LogP contribution is -2.53. The molecule has 2 heterocycles. The van der Waals surface area contributed by atoms with Crippen molar-refractivity contribution in [2.45, 2.75) is 70.0 Å². The van der Waals surface area contributed by atoms with Crippen LogP contribution in [0, 0.1) is 17.2 Å². The maximum atomic E-state index is 12.5. The van der Waals surface area contributed by atoms with Gasteiger partial charge < -0.3 is 10.2 Å². The second kappa shape index (κ2) is 6.72. The normalized spacial score (nSPS) is 30.0. The van der Waals surface area contributed by atoms with Gasteiger partial charge in [-0.3, -0.25) is 14.5 Å². The number of nitrogens with one attached hydrogen (secondary N) is 1. The Balaban J connectivity index is 1.60. The summed E-state index contributed by atoms with van der Waals surface area (Å²) in [4.78, 5) is 28.5. The zero-order chi connectivity index (χ0) is 17.3. The van der Waals surface area contributed by atoms with Crippen LogP contribution < -0.4 is 5.32 Å². The van der Waals surface area contributed by atoms with E-state index in [9.17, 15) is 14.9 Å². The van der Waals surface area contributed by atoms with Gasteiger partial charge in [-0.15, -0.1) is 0 Å². The molecule has 3 rings (SSSR count). The summed E-state index contributed by atoms with van der Waals surface area (Å²) in [5.74, 6) is 0.369. The molecule has 24 heavy (non-hydrogen) atoms. The van der Waals surface area contributed by atoms with Crippen molar-refractivity contribution < 1.29 is 9.59 Å². The van der Waals surface area contributed by atoms with Gasteiger partial charge in [-0.05, 0) is 57.9 Å². The van der Waals surface area contributed by atoms with Crippen LogP contribution >= 0.6 is 0 Å². The van der Waals surface area contributed by atoms with Gasteiger partial charge in [-0.2, -0.15) is 5.26 Å². The molecule has 3 aliphatic rings. The number of likely N-dealkylation sites (tertiary alicyclic amines) is 2. The first-order chi connectivity index (χ1) is 11.4. The Kier molecular flexibility index (Phi) is 4.82. The summed E-state index contributed by atoms with van der Waals surface area (Å²) in [5.41, 5.74) is -0.731. The van der Waals surface area contributed by atoms with Gasteiger partial charge in [0.25, 0.3) is 0 Å². The highest BCUT2D eigenvalue weighted by molar-refractivity contribution is 5.79. The second-order valence-corrected chi connectivity index (χ2v) is 7.74. The highest BCUT2D eigenvalue weighted by atomic mass is 16.2. The van der Waals surface area contributed by atoms with E-state index >= 15 is 0 Å². The molecule has 2 amide bonds. The molecule has 1 N–H and O–H groups in total. The fourth-order valence-corrected chi connectivity index (χ4v) is 4.46. The van der Waals surface area contributed by atoms with Crippen molar-refractivity contribution in [3.63, 3.8) is 0 Å². The molecule has 0 radical (unpaired) electrons. The summed E-state index contributed by atoms with van der Waals surface area (Å²) < 4.78 is 0. The third-order valence-corrected chi connectivity index (χ3v) is 5.93. The SMILES string of the molecule is CC(=O)N1CCCC1C1CCCN1CC(=O)NC(C)(C#N)C1CC1. The lowest BCUT2D eigenvalue weighted by Gasteiger charge is -2.34. The Hall–Kier alpha value is -1.61. The number of amides is 2. The minimum absolute atomic E-state index is 0.0646. The topological polar surface area (TPSA) is 76.4 Å². The van der Waals surface area contributed by atoms with Crippen molar-refractivity contribution in [3.05, 3.63) is 0 Å². The van der Waals surface area contributed by atoms with Gasteiger partial charge in [0.2, 0.25) is 11.8 Å². The van der Waals surface area contributed by atoms with Gasteiger partial charge in [0.05, 0.1) is 12.6 Å². The van der Waals surface area contributed by atoms with Crippen LogP contribution in [0.4, 0.5) is 0 Å². The molecule has 1 saturated carbocycles. The smallest absolute Gasteiger partial charge is 0.235 e. The van der Waals surface area contributed by atoms with Gasteiger partial charge in [0.1, 0.15) is 5.54 Å². The Labute approximate surface area is 144 Å². The van der Waals surface area contributed by atoms with Gasteiger partial charge in [-0.25, -0.2) is 0 Å². The lowest BCUT2D eigenvalue weighted by molar-refractivity contribution is -0.130. The van der Waals surface area contributed by atoms with Crippen molar-refractivity contribution in [2.75, 3.05) is 19.6 Å². The summed E-state index contributed by atoms with van der Waals surface area (Å²) in [6.07, 6.45) is 6.23. The van der Waals surface area contributed by atoms with E-state index < -0.39 is 5.54 Å². The molecule has 0 spiro atoms. The molecule has 0 aromatic carbocycles. The Bertz CT molecular complexity index is 554. The maximum Gasteiger partial charge on any atom is 0.235 e. The van der Waals surface area contributed by atoms with Crippen LogP contribution in [0.5, 0.6) is 0 Å². The van der Waals surface area contributed by atoms with E-state index in [1.807, 2.05) is 11.8 Å². The van der Waals surface area contributed by atoms with Crippen LogP contribution in [0.25, 0.3) is 0 Å². The molecule has 2 aliphatic heterocycles. The van der Waals surface area contributed by atoms with E-state index in [0.717, 1.165) is 51.6 Å². The zero-order valence-corrected chi connectivity index (χ0v) is 14.8. The molecule has 3 atom stereocenters. The molecule has 2 saturated heterocycles. The standard InChI is InChI=1S/C18H28N4O2/c1-13(23)22-10-4-6-16(22)15-5-3-9-21(15)11-17(24)20-18(2,12-19)14-7-8-14/h14-16H,3-11H2,1-2H3,(H,20,24). The molecule has 0 bridgehead atoms. The van der Waals surface area contributed by atoms with Crippen molar-refractivity contribution in [1.82, 2.24) is 15.1 Å². The van der Waals surface area contributed by atoms with E-state index in [2.05, 4.69) is 16.3 Å². The summed E-state index contributed by atoms with van der Waals surface area (Å²) in [6, 6.07) is 2.80. The van der Waals surface area contributed by atoms with E-state index in [1.54, 1.807) is 6.92 Å². The Morgan fingerprint density at radius 1 is 1.17 bits per heavy atom. The molecule has 0 aromatic rings. The molecule has 132 valence electrons. The molecule has 0 aromatic heterocycles. The maximum absolute atomic E-state index is 12.5. The van der Waals surface area contributed by atoms with Gasteiger partial charge in [0, 0.05) is 25.6 Å². The number of rotatable bonds is 5. The first kappa shape index (κ1) is 17.2. The molecule has 1 aliphatic carbocycles. The zero-order valence-electron chi connectivity index (χ0n) is 14.8. The predicted octanol–water partition coefficient (Wildman–Crippen LogP) is 1.27. The van der Waals surface area contributed by atoms with Crippen LogP contribution in [-0.2, 0) is 9.59 Å². The average Bonchev–Trinajstić information content (AvgIpc) is 3.12. The molecule has 6 nitrogen and oxygen atoms in total. The largest absolute Gasteiger partial charge is 0.338 e. The molecule has 3 unspecified atom stereocenters. The van der Waals surface area contributed by atoms with Crippen molar-refractivity contribution in [3.8, 4) is 6.07 Å². The summed E-state index contributed by atoms with van der Waals surface area (Å²) in [7, 11) is 0. The quantitative estimate of drug-likeness (QED) is 0.822. The number of nitriles is 1. The van der Waals surface area contributed by atoms with Gasteiger partial charge >= 0.3 is 0 Å². The monoisotopic (exact) mass is 332 g/mol. The fourth-order valence-electron chi connectivity index (χ4n) is 4.46. The van der Waals surface area contributed by atoms with Gasteiger partial charge in [-0.1, -0.05) is 0 Å². The predicted molar refractivity (Wildman–Crippen MR) is 89.9 cm³/mol. The van der Waals surface area contributed by atoms with Crippen molar-refractivity contribution >= 4 is 11.8 Å². The van der Waals surface area contributed by atoms with Crippen molar-refractivity contribution in [1.29, 1.82) is 5.26 Å². The minimum Gasteiger partial charge on any atom is -0.338 e. The number of carbonyl (C=O) groups excluding carboxylic acids is 2. The molecular formula is C18H28N4O2. The Morgan fingerprint density at radius 2 is 1.83 bits per heavy atom. The minimum atomic E-state index is -0.731. The number of hydrogen-bond acceptors (Lipinski definition) is 4. The Morgan fingerprint density at radius 3 is 2.46 bits per heavy atom. The van der Waals surface area contributed by atoms with E-state index in [4.69, 9.17) is 0 Å². The molecular weight excluding hydrogens is 304 g/mol. The molecule has 3 fully saturated rings. The fraction of sp³-hybridized carbons (Fsp3) is 0.833. The number of nitrogens with zero attached hydrogens (tertiary/aromatic N) is 3. The third-order valence-electron chi connectivity index (χ3n) is 5.93. The van der Waals surface area contributed by atoms with Crippen LogP contribution in [0.2, 0.25) is 0 Å². The highest BCUT2D eigenvalue weighted by Gasteiger charge is 2.44. The van der Waals surface area contributed by atoms with Crippen LogP contribution in [0.15, 0.2) is 0 Å². The second-order valence-electron chi connectivity index (χ2n) is 7.74. The van der Waals surface area contributed by atoms with Crippen molar-refractivity contribution in [2.24, 2.45) is 5.92 Å². The summed E-state index contributed by atoms with van der Waals surface area (Å²) >= 11 is 0. The number of hydrogen-bond donors (Lipinski definition) is 1.